The van der Waals surface area contributed by atoms with E-state index in [4.69, 9.17) is 9.15 Å². The summed E-state index contributed by atoms with van der Waals surface area (Å²) >= 11 is 0. The standard InChI is InChI=1S/C27H30FN3O4/c1-4-11-29-26(32)23-15-35-24(30-23)16-34-21-9-8-18-10-12-31(27(33)17(2)3)25(22(18)14-21)19-6-5-7-20(28)13-19/h5-9,13-15,17,25H,4,10-12,16H2,1-3H3,(H,29,32)/t25-/m1/s1. The summed E-state index contributed by atoms with van der Waals surface area (Å²) in [5.41, 5.74) is 2.91. The Morgan fingerprint density at radius 3 is 2.83 bits per heavy atom. The third kappa shape index (κ3) is 5.53. The summed E-state index contributed by atoms with van der Waals surface area (Å²) in [4.78, 5) is 31.1. The van der Waals surface area contributed by atoms with Crippen LogP contribution < -0.4 is 10.1 Å². The highest BCUT2D eigenvalue weighted by Crippen LogP contribution is 2.38. The summed E-state index contributed by atoms with van der Waals surface area (Å²) in [6, 6.07) is 11.7. The molecule has 1 atom stereocenters. The molecule has 2 aromatic carbocycles. The van der Waals surface area contributed by atoms with E-state index in [-0.39, 0.29) is 41.7 Å². The zero-order valence-corrected chi connectivity index (χ0v) is 20.2. The van der Waals surface area contributed by atoms with Crippen molar-refractivity contribution >= 4 is 11.8 Å². The average molecular weight is 480 g/mol. The third-order valence-electron chi connectivity index (χ3n) is 5.97. The first-order valence-electron chi connectivity index (χ1n) is 11.9. The van der Waals surface area contributed by atoms with Crippen LogP contribution >= 0.6 is 0 Å². The van der Waals surface area contributed by atoms with Gasteiger partial charge in [-0.1, -0.05) is 39.0 Å². The van der Waals surface area contributed by atoms with Gasteiger partial charge in [0.2, 0.25) is 11.8 Å². The van der Waals surface area contributed by atoms with Gasteiger partial charge in [0, 0.05) is 19.0 Å². The van der Waals surface area contributed by atoms with Crippen molar-refractivity contribution in [2.45, 2.75) is 46.3 Å². The fourth-order valence-corrected chi connectivity index (χ4v) is 4.24. The molecule has 1 N–H and O–H groups in total. The number of benzene rings is 2. The zero-order valence-electron chi connectivity index (χ0n) is 20.2. The van der Waals surface area contributed by atoms with E-state index in [1.807, 2.05) is 49.9 Å². The Hall–Kier alpha value is -3.68. The van der Waals surface area contributed by atoms with Gasteiger partial charge < -0.3 is 19.4 Å². The lowest BCUT2D eigenvalue weighted by Gasteiger charge is -2.39. The van der Waals surface area contributed by atoms with Crippen LogP contribution in [0.15, 0.2) is 53.1 Å². The highest BCUT2D eigenvalue weighted by atomic mass is 19.1. The van der Waals surface area contributed by atoms with Crippen molar-refractivity contribution in [1.82, 2.24) is 15.2 Å². The number of oxazole rings is 1. The number of ether oxygens (including phenoxy) is 1. The molecule has 184 valence electrons. The molecule has 2 amide bonds. The molecule has 8 heteroatoms. The summed E-state index contributed by atoms with van der Waals surface area (Å²) in [7, 11) is 0. The predicted molar refractivity (Wildman–Crippen MR) is 128 cm³/mol. The molecule has 4 rings (SSSR count). The van der Waals surface area contributed by atoms with E-state index in [0.717, 1.165) is 17.5 Å². The van der Waals surface area contributed by atoms with Crippen molar-refractivity contribution in [2.24, 2.45) is 5.92 Å². The van der Waals surface area contributed by atoms with Gasteiger partial charge in [0.05, 0.1) is 6.04 Å². The maximum Gasteiger partial charge on any atom is 0.273 e. The monoisotopic (exact) mass is 479 g/mol. The lowest BCUT2D eigenvalue weighted by Crippen LogP contribution is -2.42. The van der Waals surface area contributed by atoms with Crippen LogP contribution in [0.25, 0.3) is 0 Å². The van der Waals surface area contributed by atoms with E-state index in [0.29, 0.717) is 30.8 Å². The van der Waals surface area contributed by atoms with Crippen LogP contribution in [0, 0.1) is 11.7 Å². The number of rotatable bonds is 8. The molecular formula is C27H30FN3O4. The summed E-state index contributed by atoms with van der Waals surface area (Å²) in [5.74, 6) is 0.0534. The Balaban J connectivity index is 1.58. The molecule has 1 aliphatic heterocycles. The van der Waals surface area contributed by atoms with Gasteiger partial charge in [0.1, 0.15) is 17.8 Å². The normalized spacial score (nSPS) is 15.1. The quantitative estimate of drug-likeness (QED) is 0.508. The van der Waals surface area contributed by atoms with Gasteiger partial charge in [-0.25, -0.2) is 9.37 Å². The van der Waals surface area contributed by atoms with E-state index >= 15 is 0 Å². The van der Waals surface area contributed by atoms with Crippen molar-refractivity contribution in [1.29, 1.82) is 0 Å². The van der Waals surface area contributed by atoms with Crippen LogP contribution in [0.3, 0.4) is 0 Å². The van der Waals surface area contributed by atoms with Crippen molar-refractivity contribution in [3.05, 3.63) is 82.8 Å². The molecule has 0 fully saturated rings. The number of nitrogens with zero attached hydrogens (tertiary/aromatic N) is 2. The van der Waals surface area contributed by atoms with Crippen LogP contribution in [-0.4, -0.2) is 34.8 Å². The van der Waals surface area contributed by atoms with Crippen molar-refractivity contribution in [3.63, 3.8) is 0 Å². The van der Waals surface area contributed by atoms with Gasteiger partial charge in [-0.3, -0.25) is 9.59 Å². The number of hydrogen-bond donors (Lipinski definition) is 1. The predicted octanol–water partition coefficient (Wildman–Crippen LogP) is 4.66. The molecular weight excluding hydrogens is 449 g/mol. The second kappa shape index (κ2) is 10.7. The summed E-state index contributed by atoms with van der Waals surface area (Å²) in [6.07, 6.45) is 2.84. The first-order valence-corrected chi connectivity index (χ1v) is 11.9. The maximum atomic E-state index is 14.1. The molecule has 0 spiro atoms. The van der Waals surface area contributed by atoms with E-state index < -0.39 is 6.04 Å². The number of carbonyl (C=O) groups excluding carboxylic acids is 2. The summed E-state index contributed by atoms with van der Waals surface area (Å²) in [5, 5.41) is 2.75. The molecule has 0 radical (unpaired) electrons. The molecule has 0 aliphatic carbocycles. The number of carbonyl (C=O) groups is 2. The van der Waals surface area contributed by atoms with Gasteiger partial charge in [-0.2, -0.15) is 0 Å². The van der Waals surface area contributed by atoms with Crippen LogP contribution in [0.5, 0.6) is 5.75 Å². The first-order chi connectivity index (χ1) is 16.9. The van der Waals surface area contributed by atoms with E-state index in [9.17, 15) is 14.0 Å². The van der Waals surface area contributed by atoms with Crippen LogP contribution in [0.1, 0.15) is 66.3 Å². The largest absolute Gasteiger partial charge is 0.484 e. The van der Waals surface area contributed by atoms with Crippen molar-refractivity contribution in [3.8, 4) is 5.75 Å². The van der Waals surface area contributed by atoms with Gasteiger partial charge in [0.25, 0.3) is 5.91 Å². The number of aromatic nitrogens is 1. The van der Waals surface area contributed by atoms with Gasteiger partial charge in [-0.05, 0) is 53.8 Å². The van der Waals surface area contributed by atoms with Crippen LogP contribution in [0.2, 0.25) is 0 Å². The lowest BCUT2D eigenvalue weighted by molar-refractivity contribution is -0.136. The number of hydrogen-bond acceptors (Lipinski definition) is 5. The Morgan fingerprint density at radius 1 is 1.26 bits per heavy atom. The first kappa shape index (κ1) is 24.4. The second-order valence-corrected chi connectivity index (χ2v) is 8.93. The molecule has 35 heavy (non-hydrogen) atoms. The highest BCUT2D eigenvalue weighted by Gasteiger charge is 2.33. The maximum absolute atomic E-state index is 14.1. The Bertz CT molecular complexity index is 1210. The minimum Gasteiger partial charge on any atom is -0.484 e. The van der Waals surface area contributed by atoms with Crippen LogP contribution in [-0.2, 0) is 17.8 Å². The highest BCUT2D eigenvalue weighted by molar-refractivity contribution is 5.91. The molecule has 2 heterocycles. The minimum atomic E-state index is -0.413. The Labute approximate surface area is 204 Å². The van der Waals surface area contributed by atoms with Gasteiger partial charge in [-0.15, -0.1) is 0 Å². The number of halogens is 1. The molecule has 1 aromatic heterocycles. The van der Waals surface area contributed by atoms with Crippen LogP contribution in [0.4, 0.5) is 4.39 Å². The van der Waals surface area contributed by atoms with E-state index in [1.54, 1.807) is 6.07 Å². The number of nitrogens with one attached hydrogen (secondary N) is 1. The summed E-state index contributed by atoms with van der Waals surface area (Å²) in [6.45, 7) is 6.87. The zero-order chi connectivity index (χ0) is 24.9. The summed E-state index contributed by atoms with van der Waals surface area (Å²) < 4.78 is 25.4. The minimum absolute atomic E-state index is 0.0184. The molecule has 7 nitrogen and oxygen atoms in total. The van der Waals surface area contributed by atoms with Crippen molar-refractivity contribution in [2.75, 3.05) is 13.1 Å². The third-order valence-corrected chi connectivity index (χ3v) is 5.97. The molecule has 1 aliphatic rings. The van der Waals surface area contributed by atoms with E-state index in [1.165, 1.54) is 18.4 Å². The second-order valence-electron chi connectivity index (χ2n) is 8.93. The molecule has 0 saturated heterocycles. The SMILES string of the molecule is CCCNC(=O)c1coc(COc2ccc3c(c2)[C@@H](c2cccc(F)c2)N(C(=O)C(C)C)CC3)n1. The Morgan fingerprint density at radius 2 is 2.09 bits per heavy atom. The number of fused-ring (bicyclic) bond motifs is 1. The van der Waals surface area contributed by atoms with Crippen molar-refractivity contribution < 1.29 is 23.1 Å². The lowest BCUT2D eigenvalue weighted by atomic mass is 9.87. The van der Waals surface area contributed by atoms with E-state index in [2.05, 4.69) is 10.3 Å². The van der Waals surface area contributed by atoms with Gasteiger partial charge >= 0.3 is 0 Å². The molecule has 0 unspecified atom stereocenters. The molecule has 3 aromatic rings. The average Bonchev–Trinajstić information content (AvgIpc) is 3.34. The molecule has 0 bridgehead atoms. The van der Waals surface area contributed by atoms with Gasteiger partial charge in [0.15, 0.2) is 12.3 Å². The fourth-order valence-electron chi connectivity index (χ4n) is 4.24. The smallest absolute Gasteiger partial charge is 0.273 e. The molecule has 0 saturated carbocycles. The Kier molecular flexibility index (Phi) is 7.48. The topological polar surface area (TPSA) is 84.7 Å². The number of amides is 2. The fraction of sp³-hybridized carbons (Fsp3) is 0.370.